The molecule has 0 aliphatic carbocycles. The lowest BCUT2D eigenvalue weighted by atomic mass is 10.1. The highest BCUT2D eigenvalue weighted by Gasteiger charge is 2.30. The minimum Gasteiger partial charge on any atom is -0.494 e. The molecule has 1 saturated heterocycles. The van der Waals surface area contributed by atoms with Crippen LogP contribution in [0.15, 0.2) is 12.1 Å². The first kappa shape index (κ1) is 13.5. The Morgan fingerprint density at radius 1 is 1.58 bits per heavy atom. The van der Waals surface area contributed by atoms with E-state index in [1.54, 1.807) is 0 Å². The minimum absolute atomic E-state index is 0.0198. The molecule has 1 aliphatic rings. The summed E-state index contributed by atoms with van der Waals surface area (Å²) in [6.07, 6.45) is 0. The van der Waals surface area contributed by atoms with Gasteiger partial charge in [0.2, 0.25) is 0 Å². The van der Waals surface area contributed by atoms with E-state index in [0.717, 1.165) is 19.2 Å². The third-order valence-electron chi connectivity index (χ3n) is 3.30. The van der Waals surface area contributed by atoms with Gasteiger partial charge >= 0.3 is 0 Å². The molecule has 0 unspecified atom stereocenters. The Bertz CT molecular complexity index is 491. The fourth-order valence-electron chi connectivity index (χ4n) is 2.18. The van der Waals surface area contributed by atoms with Gasteiger partial charge in [-0.25, -0.2) is 4.39 Å². The Kier molecular flexibility index (Phi) is 3.84. The van der Waals surface area contributed by atoms with E-state index in [2.05, 4.69) is 5.32 Å². The van der Waals surface area contributed by atoms with Crippen molar-refractivity contribution in [2.45, 2.75) is 13.0 Å². The van der Waals surface area contributed by atoms with Crippen LogP contribution in [0.2, 0.25) is 0 Å². The second-order valence-corrected chi connectivity index (χ2v) is 4.33. The second kappa shape index (κ2) is 5.40. The Morgan fingerprint density at radius 3 is 2.68 bits per heavy atom. The molecule has 0 spiro atoms. The number of methoxy groups -OCH3 is 1. The summed E-state index contributed by atoms with van der Waals surface area (Å²) in [4.78, 5) is 12.4. The van der Waals surface area contributed by atoms with E-state index >= 15 is 0 Å². The van der Waals surface area contributed by atoms with Crippen LogP contribution >= 0.6 is 0 Å². The molecule has 0 bridgehead atoms. The second-order valence-electron chi connectivity index (χ2n) is 4.33. The van der Waals surface area contributed by atoms with Gasteiger partial charge in [0, 0.05) is 25.7 Å². The first-order chi connectivity index (χ1) is 9.08. The van der Waals surface area contributed by atoms with Gasteiger partial charge in [0.25, 0.3) is 5.69 Å². The van der Waals surface area contributed by atoms with Crippen LogP contribution in [-0.4, -0.2) is 37.7 Å². The third-order valence-corrected chi connectivity index (χ3v) is 3.30. The normalized spacial score (nSPS) is 14.9. The van der Waals surface area contributed by atoms with Gasteiger partial charge in [0.1, 0.15) is 5.69 Å². The lowest BCUT2D eigenvalue weighted by Gasteiger charge is -2.38. The van der Waals surface area contributed by atoms with Gasteiger partial charge < -0.3 is 15.0 Å². The summed E-state index contributed by atoms with van der Waals surface area (Å²) in [5.74, 6) is -0.702. The number of nitrogens with zero attached hydrogens (tertiary/aromatic N) is 2. The quantitative estimate of drug-likeness (QED) is 0.648. The molecule has 19 heavy (non-hydrogen) atoms. The number of hydrogen-bond donors (Lipinski definition) is 1. The van der Waals surface area contributed by atoms with Gasteiger partial charge in [0.05, 0.1) is 24.1 Å². The lowest BCUT2D eigenvalue weighted by molar-refractivity contribution is -0.384. The van der Waals surface area contributed by atoms with Crippen LogP contribution in [0.25, 0.3) is 0 Å². The lowest BCUT2D eigenvalue weighted by Crippen LogP contribution is -2.57. The Hall–Kier alpha value is -1.89. The molecule has 2 rings (SSSR count). The summed E-state index contributed by atoms with van der Waals surface area (Å²) in [6.45, 7) is 4.06. The van der Waals surface area contributed by atoms with Gasteiger partial charge in [-0.1, -0.05) is 0 Å². The molecule has 1 heterocycles. The minimum atomic E-state index is -0.722. The van der Waals surface area contributed by atoms with Gasteiger partial charge in [0.15, 0.2) is 11.6 Å². The molecule has 0 radical (unpaired) electrons. The standard InChI is InChI=1S/C12H16FN3O3/c1-3-15(8-6-14-7-8)10-5-12(19-2)9(13)4-11(10)16(17)18/h4-5,8,14H,3,6-7H2,1-2H3. The number of ether oxygens (including phenoxy) is 1. The van der Waals surface area contributed by atoms with Crippen LogP contribution in [0.5, 0.6) is 5.75 Å². The number of rotatable bonds is 5. The maximum Gasteiger partial charge on any atom is 0.295 e. The predicted molar refractivity (Wildman–Crippen MR) is 69.3 cm³/mol. The van der Waals surface area contributed by atoms with E-state index < -0.39 is 10.7 Å². The number of halogens is 1. The molecule has 7 heteroatoms. The number of benzene rings is 1. The summed E-state index contributed by atoms with van der Waals surface area (Å²) in [7, 11) is 1.34. The highest BCUT2D eigenvalue weighted by Crippen LogP contribution is 2.35. The molecule has 0 aromatic heterocycles. The average Bonchev–Trinajstić information content (AvgIpc) is 2.33. The number of anilines is 1. The summed E-state index contributed by atoms with van der Waals surface area (Å²) < 4.78 is 18.5. The smallest absolute Gasteiger partial charge is 0.295 e. The molecule has 1 aromatic rings. The monoisotopic (exact) mass is 269 g/mol. The van der Waals surface area contributed by atoms with E-state index in [0.29, 0.717) is 12.2 Å². The first-order valence-corrected chi connectivity index (χ1v) is 6.07. The predicted octanol–water partition coefficient (Wildman–Crippen LogP) is 1.54. The fourth-order valence-corrected chi connectivity index (χ4v) is 2.18. The van der Waals surface area contributed by atoms with Crippen molar-refractivity contribution >= 4 is 11.4 Å². The van der Waals surface area contributed by atoms with E-state index in [9.17, 15) is 14.5 Å². The zero-order valence-electron chi connectivity index (χ0n) is 10.9. The van der Waals surface area contributed by atoms with Crippen LogP contribution in [0, 0.1) is 15.9 Å². The topological polar surface area (TPSA) is 67.6 Å². The van der Waals surface area contributed by atoms with Crippen molar-refractivity contribution in [2.75, 3.05) is 31.6 Å². The number of likely N-dealkylation sites (N-methyl/N-ethyl adjacent to an activating group) is 1. The maximum atomic E-state index is 13.6. The molecule has 1 N–H and O–H groups in total. The van der Waals surface area contributed by atoms with Crippen LogP contribution in [-0.2, 0) is 0 Å². The highest BCUT2D eigenvalue weighted by molar-refractivity contribution is 5.67. The molecule has 0 amide bonds. The molecule has 104 valence electrons. The third kappa shape index (κ3) is 2.46. The summed E-state index contributed by atoms with van der Waals surface area (Å²) in [6, 6.07) is 2.51. The molecule has 1 fully saturated rings. The molecular formula is C12H16FN3O3. The first-order valence-electron chi connectivity index (χ1n) is 6.07. The summed E-state index contributed by atoms with van der Waals surface area (Å²) >= 11 is 0. The van der Waals surface area contributed by atoms with E-state index in [-0.39, 0.29) is 17.5 Å². The van der Waals surface area contributed by atoms with E-state index in [4.69, 9.17) is 4.74 Å². The van der Waals surface area contributed by atoms with Gasteiger partial charge in [-0.2, -0.15) is 0 Å². The van der Waals surface area contributed by atoms with Gasteiger partial charge in [-0.3, -0.25) is 10.1 Å². The van der Waals surface area contributed by atoms with Crippen molar-refractivity contribution in [1.29, 1.82) is 0 Å². The van der Waals surface area contributed by atoms with Crippen LogP contribution in [0.1, 0.15) is 6.92 Å². The highest BCUT2D eigenvalue weighted by atomic mass is 19.1. The largest absolute Gasteiger partial charge is 0.494 e. The average molecular weight is 269 g/mol. The fraction of sp³-hybridized carbons (Fsp3) is 0.500. The number of nitrogens with one attached hydrogen (secondary N) is 1. The summed E-state index contributed by atoms with van der Waals surface area (Å²) in [5.41, 5.74) is 0.171. The van der Waals surface area contributed by atoms with Crippen LogP contribution < -0.4 is 15.0 Å². The van der Waals surface area contributed by atoms with E-state index in [1.165, 1.54) is 13.2 Å². The van der Waals surface area contributed by atoms with Crippen molar-refractivity contribution in [3.63, 3.8) is 0 Å². The number of hydrogen-bond acceptors (Lipinski definition) is 5. The number of nitro benzene ring substituents is 1. The van der Waals surface area contributed by atoms with Gasteiger partial charge in [-0.15, -0.1) is 0 Å². The summed E-state index contributed by atoms with van der Waals surface area (Å²) in [5, 5.41) is 14.2. The van der Waals surface area contributed by atoms with E-state index in [1.807, 2.05) is 11.8 Å². The van der Waals surface area contributed by atoms with Crippen molar-refractivity contribution in [3.8, 4) is 5.75 Å². The SMILES string of the molecule is CCN(c1cc(OC)c(F)cc1[N+](=O)[O-])C1CNC1. The van der Waals surface area contributed by atoms with Crippen molar-refractivity contribution in [3.05, 3.63) is 28.1 Å². The van der Waals surface area contributed by atoms with Crippen LogP contribution in [0.3, 0.4) is 0 Å². The molecule has 1 aromatic carbocycles. The zero-order valence-corrected chi connectivity index (χ0v) is 10.9. The molecule has 0 atom stereocenters. The molecule has 6 nitrogen and oxygen atoms in total. The van der Waals surface area contributed by atoms with Crippen LogP contribution in [0.4, 0.5) is 15.8 Å². The zero-order chi connectivity index (χ0) is 14.0. The number of nitro groups is 1. The van der Waals surface area contributed by atoms with Crippen molar-refractivity contribution in [1.82, 2.24) is 5.32 Å². The molecule has 0 saturated carbocycles. The molecule has 1 aliphatic heterocycles. The Labute approximate surface area is 110 Å². The van der Waals surface area contributed by atoms with Crippen molar-refractivity contribution in [2.24, 2.45) is 0 Å². The van der Waals surface area contributed by atoms with Gasteiger partial charge in [-0.05, 0) is 6.92 Å². The Balaban J connectivity index is 2.48. The maximum absolute atomic E-state index is 13.6. The van der Waals surface area contributed by atoms with Crippen molar-refractivity contribution < 1.29 is 14.1 Å². The molecular weight excluding hydrogens is 253 g/mol. The Morgan fingerprint density at radius 2 is 2.26 bits per heavy atom.